The number of aromatic nitrogens is 1. The highest BCUT2D eigenvalue weighted by atomic mass is 16.5. The lowest BCUT2D eigenvalue weighted by Gasteiger charge is -2.43. The molecule has 1 aromatic rings. The molecule has 118 valence electrons. The van der Waals surface area contributed by atoms with Gasteiger partial charge in [-0.2, -0.15) is 0 Å². The highest BCUT2D eigenvalue weighted by Gasteiger charge is 2.40. The SMILES string of the molecule is CCOC1(C(Cc2ccc(CC)cn2)NC)CCCCC1. The van der Waals surface area contributed by atoms with Gasteiger partial charge in [-0.3, -0.25) is 4.98 Å². The van der Waals surface area contributed by atoms with Gasteiger partial charge in [0.15, 0.2) is 0 Å². The Labute approximate surface area is 129 Å². The molecule has 0 radical (unpaired) electrons. The van der Waals surface area contributed by atoms with E-state index in [1.165, 1.54) is 37.7 Å². The lowest BCUT2D eigenvalue weighted by atomic mass is 9.77. The van der Waals surface area contributed by atoms with Crippen molar-refractivity contribution in [3.63, 3.8) is 0 Å². The highest BCUT2D eigenvalue weighted by molar-refractivity contribution is 5.16. The minimum Gasteiger partial charge on any atom is -0.374 e. The standard InChI is InChI=1S/C18H30N2O/c1-4-15-9-10-16(20-14-15)13-17(19-3)18(21-5-2)11-7-6-8-12-18/h9-10,14,17,19H,4-8,11-13H2,1-3H3. The summed E-state index contributed by atoms with van der Waals surface area (Å²) in [4.78, 5) is 4.63. The minimum atomic E-state index is -0.00709. The van der Waals surface area contributed by atoms with E-state index in [0.29, 0.717) is 6.04 Å². The summed E-state index contributed by atoms with van der Waals surface area (Å²) in [5, 5.41) is 3.51. The fourth-order valence-electron chi connectivity index (χ4n) is 3.58. The monoisotopic (exact) mass is 290 g/mol. The van der Waals surface area contributed by atoms with Crippen molar-refractivity contribution in [1.82, 2.24) is 10.3 Å². The molecule has 3 nitrogen and oxygen atoms in total. The average Bonchev–Trinajstić information content (AvgIpc) is 2.54. The molecule has 1 unspecified atom stereocenters. The summed E-state index contributed by atoms with van der Waals surface area (Å²) >= 11 is 0. The van der Waals surface area contributed by atoms with Crippen LogP contribution in [0.2, 0.25) is 0 Å². The topological polar surface area (TPSA) is 34.1 Å². The molecule has 2 rings (SSSR count). The molecule has 1 heterocycles. The van der Waals surface area contributed by atoms with Crippen LogP contribution in [0.4, 0.5) is 0 Å². The van der Waals surface area contributed by atoms with Crippen LogP contribution in [0.1, 0.15) is 57.2 Å². The normalized spacial score (nSPS) is 19.4. The number of nitrogens with one attached hydrogen (secondary N) is 1. The molecule has 0 spiro atoms. The summed E-state index contributed by atoms with van der Waals surface area (Å²) in [6.07, 6.45) is 10.2. The van der Waals surface area contributed by atoms with Gasteiger partial charge in [0.25, 0.3) is 0 Å². The molecule has 1 atom stereocenters. The Morgan fingerprint density at radius 1 is 1.24 bits per heavy atom. The fraction of sp³-hybridized carbons (Fsp3) is 0.722. The van der Waals surface area contributed by atoms with E-state index in [1.807, 2.05) is 6.20 Å². The number of hydrogen-bond acceptors (Lipinski definition) is 3. The minimum absolute atomic E-state index is 0.00709. The lowest BCUT2D eigenvalue weighted by molar-refractivity contribution is -0.0885. The molecule has 1 N–H and O–H groups in total. The zero-order chi connectivity index (χ0) is 15.1. The maximum absolute atomic E-state index is 6.25. The van der Waals surface area contributed by atoms with Gasteiger partial charge in [0.1, 0.15) is 0 Å². The van der Waals surface area contributed by atoms with Crippen molar-refractivity contribution in [3.05, 3.63) is 29.6 Å². The molecule has 0 amide bonds. The van der Waals surface area contributed by atoms with Gasteiger partial charge in [-0.1, -0.05) is 32.3 Å². The van der Waals surface area contributed by atoms with Crippen LogP contribution in [0.15, 0.2) is 18.3 Å². The zero-order valence-corrected chi connectivity index (χ0v) is 13.8. The second-order valence-electron chi connectivity index (χ2n) is 6.12. The summed E-state index contributed by atoms with van der Waals surface area (Å²) in [7, 11) is 2.06. The van der Waals surface area contributed by atoms with Crippen molar-refractivity contribution in [3.8, 4) is 0 Å². The van der Waals surface area contributed by atoms with Crippen molar-refractivity contribution < 1.29 is 4.74 Å². The predicted molar refractivity (Wildman–Crippen MR) is 87.6 cm³/mol. The van der Waals surface area contributed by atoms with Crippen LogP contribution < -0.4 is 5.32 Å². The van der Waals surface area contributed by atoms with Gasteiger partial charge in [-0.25, -0.2) is 0 Å². The molecule has 1 aliphatic carbocycles. The van der Waals surface area contributed by atoms with Crippen molar-refractivity contribution in [2.75, 3.05) is 13.7 Å². The van der Waals surface area contributed by atoms with Gasteiger partial charge < -0.3 is 10.1 Å². The third kappa shape index (κ3) is 4.04. The summed E-state index contributed by atoms with van der Waals surface area (Å²) in [6.45, 7) is 5.07. The number of nitrogens with zero attached hydrogens (tertiary/aromatic N) is 1. The van der Waals surface area contributed by atoms with E-state index < -0.39 is 0 Å². The Kier molecular flexibility index (Phi) is 6.19. The number of hydrogen-bond donors (Lipinski definition) is 1. The molecule has 0 aliphatic heterocycles. The molecule has 1 aromatic heterocycles. The van der Waals surface area contributed by atoms with Crippen LogP contribution in [0, 0.1) is 0 Å². The predicted octanol–water partition coefficient (Wildman–Crippen LogP) is 3.51. The number of ether oxygens (including phenoxy) is 1. The molecular formula is C18H30N2O. The van der Waals surface area contributed by atoms with Crippen LogP contribution in [-0.4, -0.2) is 30.3 Å². The molecule has 1 aliphatic rings. The van der Waals surface area contributed by atoms with Crippen molar-refractivity contribution in [2.45, 2.75) is 70.4 Å². The lowest BCUT2D eigenvalue weighted by Crippen LogP contribution is -2.54. The van der Waals surface area contributed by atoms with Crippen LogP contribution in [0.5, 0.6) is 0 Å². The average molecular weight is 290 g/mol. The Balaban J connectivity index is 2.11. The number of pyridine rings is 1. The fourth-order valence-corrected chi connectivity index (χ4v) is 3.58. The highest BCUT2D eigenvalue weighted by Crippen LogP contribution is 2.35. The van der Waals surface area contributed by atoms with Gasteiger partial charge in [-0.05, 0) is 44.9 Å². The van der Waals surface area contributed by atoms with Crippen molar-refractivity contribution in [2.24, 2.45) is 0 Å². The quantitative estimate of drug-likeness (QED) is 0.834. The van der Waals surface area contributed by atoms with E-state index in [4.69, 9.17) is 4.74 Å². The number of likely N-dealkylation sites (N-methyl/N-ethyl adjacent to an activating group) is 1. The van der Waals surface area contributed by atoms with Gasteiger partial charge >= 0.3 is 0 Å². The Morgan fingerprint density at radius 2 is 2.00 bits per heavy atom. The van der Waals surface area contributed by atoms with Gasteiger partial charge in [0.05, 0.1) is 5.60 Å². The van der Waals surface area contributed by atoms with E-state index in [9.17, 15) is 0 Å². The van der Waals surface area contributed by atoms with Gasteiger partial charge in [0, 0.05) is 31.0 Å². The molecule has 1 fully saturated rings. The maximum atomic E-state index is 6.25. The summed E-state index contributed by atoms with van der Waals surface area (Å²) < 4.78 is 6.25. The van der Waals surface area contributed by atoms with Crippen molar-refractivity contribution in [1.29, 1.82) is 0 Å². The first-order valence-corrected chi connectivity index (χ1v) is 8.49. The molecule has 0 bridgehead atoms. The van der Waals surface area contributed by atoms with Crippen LogP contribution in [0.25, 0.3) is 0 Å². The first-order valence-electron chi connectivity index (χ1n) is 8.49. The molecule has 0 aromatic carbocycles. The Bertz CT molecular complexity index is 404. The van der Waals surface area contributed by atoms with E-state index in [0.717, 1.165) is 25.1 Å². The summed E-state index contributed by atoms with van der Waals surface area (Å²) in [6, 6.07) is 4.72. The first kappa shape index (κ1) is 16.4. The number of rotatable bonds is 7. The van der Waals surface area contributed by atoms with Gasteiger partial charge in [-0.15, -0.1) is 0 Å². The van der Waals surface area contributed by atoms with Crippen molar-refractivity contribution >= 4 is 0 Å². The third-order valence-corrected chi connectivity index (χ3v) is 4.82. The summed E-state index contributed by atoms with van der Waals surface area (Å²) in [5.41, 5.74) is 2.46. The Hall–Kier alpha value is -0.930. The van der Waals surface area contributed by atoms with Crippen LogP contribution in [-0.2, 0) is 17.6 Å². The molecular weight excluding hydrogens is 260 g/mol. The van der Waals surface area contributed by atoms with Crippen LogP contribution in [0.3, 0.4) is 0 Å². The largest absolute Gasteiger partial charge is 0.374 e. The maximum Gasteiger partial charge on any atom is 0.0838 e. The smallest absolute Gasteiger partial charge is 0.0838 e. The van der Waals surface area contributed by atoms with Crippen LogP contribution >= 0.6 is 0 Å². The second kappa shape index (κ2) is 7.90. The first-order chi connectivity index (χ1) is 10.2. The van der Waals surface area contributed by atoms with E-state index >= 15 is 0 Å². The molecule has 1 saturated carbocycles. The second-order valence-corrected chi connectivity index (χ2v) is 6.12. The molecule has 21 heavy (non-hydrogen) atoms. The van der Waals surface area contributed by atoms with E-state index in [2.05, 4.69) is 43.3 Å². The number of aryl methyl sites for hydroxylation is 1. The third-order valence-electron chi connectivity index (χ3n) is 4.82. The van der Waals surface area contributed by atoms with E-state index in [1.54, 1.807) is 0 Å². The zero-order valence-electron chi connectivity index (χ0n) is 13.8. The molecule has 0 saturated heterocycles. The molecule has 3 heteroatoms. The van der Waals surface area contributed by atoms with Gasteiger partial charge in [0.2, 0.25) is 0 Å². The summed E-state index contributed by atoms with van der Waals surface area (Å²) in [5.74, 6) is 0. The Morgan fingerprint density at radius 3 is 2.52 bits per heavy atom. The van der Waals surface area contributed by atoms with E-state index in [-0.39, 0.29) is 5.60 Å².